The fourth-order valence-electron chi connectivity index (χ4n) is 3.07. The van der Waals surface area contributed by atoms with Crippen LogP contribution < -0.4 is 5.32 Å². The maximum Gasteiger partial charge on any atom is 0.180 e. The SMILES string of the molecule is COC1CNC(C(=O)c2ccccc2C2CCC2)C1. The molecule has 1 aromatic rings. The number of benzene rings is 1. The van der Waals surface area contributed by atoms with Crippen molar-refractivity contribution in [1.29, 1.82) is 0 Å². The van der Waals surface area contributed by atoms with Gasteiger partial charge in [0.05, 0.1) is 12.1 Å². The van der Waals surface area contributed by atoms with E-state index in [0.29, 0.717) is 5.92 Å². The maximum atomic E-state index is 12.7. The molecule has 3 nitrogen and oxygen atoms in total. The molecule has 1 aliphatic heterocycles. The van der Waals surface area contributed by atoms with Crippen LogP contribution in [0.2, 0.25) is 0 Å². The van der Waals surface area contributed by atoms with Crippen molar-refractivity contribution in [2.45, 2.75) is 43.7 Å². The van der Waals surface area contributed by atoms with Gasteiger partial charge in [-0.05, 0) is 30.7 Å². The van der Waals surface area contributed by atoms with Gasteiger partial charge in [0.2, 0.25) is 0 Å². The standard InChI is InChI=1S/C16H21NO2/c1-19-12-9-15(17-10-12)16(18)14-8-3-2-7-13(14)11-5-4-6-11/h2-3,7-8,11-12,15,17H,4-6,9-10H2,1H3. The first-order chi connectivity index (χ1) is 9.29. The van der Waals surface area contributed by atoms with Gasteiger partial charge in [0.25, 0.3) is 0 Å². The highest BCUT2D eigenvalue weighted by Gasteiger charge is 2.32. The van der Waals surface area contributed by atoms with Gasteiger partial charge in [-0.25, -0.2) is 0 Å². The molecule has 1 N–H and O–H groups in total. The zero-order valence-electron chi connectivity index (χ0n) is 11.4. The average molecular weight is 259 g/mol. The molecule has 3 heteroatoms. The molecular formula is C16H21NO2. The second-order valence-corrected chi connectivity index (χ2v) is 5.63. The third-order valence-electron chi connectivity index (χ3n) is 4.51. The Bertz CT molecular complexity index is 468. The molecule has 3 rings (SSSR count). The molecule has 0 spiro atoms. The fourth-order valence-corrected chi connectivity index (χ4v) is 3.07. The van der Waals surface area contributed by atoms with Crippen molar-refractivity contribution in [1.82, 2.24) is 5.32 Å². The molecule has 1 heterocycles. The summed E-state index contributed by atoms with van der Waals surface area (Å²) >= 11 is 0. The van der Waals surface area contributed by atoms with E-state index in [9.17, 15) is 4.79 Å². The monoisotopic (exact) mass is 259 g/mol. The quantitative estimate of drug-likeness (QED) is 0.844. The number of hydrogen-bond donors (Lipinski definition) is 1. The molecule has 2 aliphatic rings. The number of nitrogens with one attached hydrogen (secondary N) is 1. The van der Waals surface area contributed by atoms with E-state index < -0.39 is 0 Å². The van der Waals surface area contributed by atoms with Crippen LogP contribution in [-0.4, -0.2) is 31.6 Å². The number of carbonyl (C=O) groups is 1. The Morgan fingerprint density at radius 3 is 2.74 bits per heavy atom. The van der Waals surface area contributed by atoms with Crippen molar-refractivity contribution in [3.63, 3.8) is 0 Å². The van der Waals surface area contributed by atoms with Crippen LogP contribution in [0.1, 0.15) is 47.5 Å². The highest BCUT2D eigenvalue weighted by atomic mass is 16.5. The Hall–Kier alpha value is -1.19. The predicted molar refractivity (Wildman–Crippen MR) is 74.6 cm³/mol. The van der Waals surface area contributed by atoms with E-state index in [0.717, 1.165) is 18.5 Å². The molecule has 1 aliphatic carbocycles. The van der Waals surface area contributed by atoms with Crippen LogP contribution in [0.25, 0.3) is 0 Å². The Labute approximate surface area is 114 Å². The summed E-state index contributed by atoms with van der Waals surface area (Å²) < 4.78 is 5.32. The molecule has 0 bridgehead atoms. The van der Waals surface area contributed by atoms with Gasteiger partial charge in [0.1, 0.15) is 0 Å². The Morgan fingerprint density at radius 1 is 1.32 bits per heavy atom. The van der Waals surface area contributed by atoms with Gasteiger partial charge >= 0.3 is 0 Å². The van der Waals surface area contributed by atoms with Crippen molar-refractivity contribution < 1.29 is 9.53 Å². The van der Waals surface area contributed by atoms with E-state index in [2.05, 4.69) is 11.4 Å². The molecule has 19 heavy (non-hydrogen) atoms. The van der Waals surface area contributed by atoms with Crippen molar-refractivity contribution in [2.24, 2.45) is 0 Å². The third kappa shape index (κ3) is 2.45. The molecule has 0 radical (unpaired) electrons. The molecular weight excluding hydrogens is 238 g/mol. The van der Waals surface area contributed by atoms with E-state index in [4.69, 9.17) is 4.74 Å². The Kier molecular flexibility index (Phi) is 3.67. The van der Waals surface area contributed by atoms with Gasteiger partial charge in [-0.15, -0.1) is 0 Å². The minimum atomic E-state index is -0.0776. The van der Waals surface area contributed by atoms with Crippen molar-refractivity contribution >= 4 is 5.78 Å². The molecule has 2 unspecified atom stereocenters. The summed E-state index contributed by atoms with van der Waals surface area (Å²) in [7, 11) is 1.71. The van der Waals surface area contributed by atoms with Crippen LogP contribution in [0, 0.1) is 0 Å². The first-order valence-electron chi connectivity index (χ1n) is 7.19. The zero-order valence-corrected chi connectivity index (χ0v) is 11.4. The minimum Gasteiger partial charge on any atom is -0.380 e. The number of Topliss-reactive ketones (excluding diaryl/α,β-unsaturated/α-hetero) is 1. The van der Waals surface area contributed by atoms with Crippen LogP contribution in [0.4, 0.5) is 0 Å². The highest BCUT2D eigenvalue weighted by Crippen LogP contribution is 2.38. The maximum absolute atomic E-state index is 12.7. The summed E-state index contributed by atoms with van der Waals surface area (Å²) in [6.45, 7) is 0.776. The van der Waals surface area contributed by atoms with E-state index in [1.807, 2.05) is 18.2 Å². The second kappa shape index (κ2) is 5.43. The lowest BCUT2D eigenvalue weighted by atomic mass is 9.77. The largest absolute Gasteiger partial charge is 0.380 e. The number of carbonyl (C=O) groups excluding carboxylic acids is 1. The summed E-state index contributed by atoms with van der Waals surface area (Å²) in [4.78, 5) is 12.7. The van der Waals surface area contributed by atoms with Crippen molar-refractivity contribution in [2.75, 3.05) is 13.7 Å². The number of ether oxygens (including phenoxy) is 1. The minimum absolute atomic E-state index is 0.0776. The third-order valence-corrected chi connectivity index (χ3v) is 4.51. The van der Waals surface area contributed by atoms with Crippen molar-refractivity contribution in [3.8, 4) is 0 Å². The van der Waals surface area contributed by atoms with Gasteiger partial charge in [0, 0.05) is 19.2 Å². The number of ketones is 1. The molecule has 0 aromatic heterocycles. The first kappa shape index (κ1) is 12.8. The van der Waals surface area contributed by atoms with Crippen LogP contribution in [-0.2, 0) is 4.74 Å². The van der Waals surface area contributed by atoms with Crippen LogP contribution in [0.3, 0.4) is 0 Å². The molecule has 2 atom stereocenters. The van der Waals surface area contributed by atoms with E-state index >= 15 is 0 Å². The summed E-state index contributed by atoms with van der Waals surface area (Å²) in [5, 5.41) is 3.28. The lowest BCUT2D eigenvalue weighted by molar-refractivity contribution is 0.0917. The Balaban J connectivity index is 1.80. The van der Waals surface area contributed by atoms with E-state index in [1.165, 1.54) is 24.8 Å². The van der Waals surface area contributed by atoms with Gasteiger partial charge < -0.3 is 10.1 Å². The van der Waals surface area contributed by atoms with Gasteiger partial charge in [-0.3, -0.25) is 4.79 Å². The molecule has 1 aromatic carbocycles. The molecule has 1 saturated carbocycles. The second-order valence-electron chi connectivity index (χ2n) is 5.63. The molecule has 2 fully saturated rings. The van der Waals surface area contributed by atoms with Gasteiger partial charge in [-0.1, -0.05) is 30.7 Å². The number of hydrogen-bond acceptors (Lipinski definition) is 3. The summed E-state index contributed by atoms with van der Waals surface area (Å²) in [5.74, 6) is 0.835. The van der Waals surface area contributed by atoms with E-state index in [-0.39, 0.29) is 17.9 Å². The predicted octanol–water partition coefficient (Wildman–Crippen LogP) is 2.51. The number of rotatable bonds is 4. The molecule has 1 saturated heterocycles. The van der Waals surface area contributed by atoms with E-state index in [1.54, 1.807) is 7.11 Å². The summed E-state index contributed by atoms with van der Waals surface area (Å²) in [6, 6.07) is 8.05. The average Bonchev–Trinajstić information content (AvgIpc) is 2.85. The molecule has 0 amide bonds. The van der Waals surface area contributed by atoms with Gasteiger partial charge in [-0.2, -0.15) is 0 Å². The highest BCUT2D eigenvalue weighted by molar-refractivity contribution is 6.01. The lowest BCUT2D eigenvalue weighted by Gasteiger charge is -2.28. The zero-order chi connectivity index (χ0) is 13.2. The van der Waals surface area contributed by atoms with Crippen LogP contribution in [0.15, 0.2) is 24.3 Å². The van der Waals surface area contributed by atoms with Crippen LogP contribution >= 0.6 is 0 Å². The lowest BCUT2D eigenvalue weighted by Crippen LogP contribution is -2.32. The van der Waals surface area contributed by atoms with Gasteiger partial charge in [0.15, 0.2) is 5.78 Å². The topological polar surface area (TPSA) is 38.3 Å². The first-order valence-corrected chi connectivity index (χ1v) is 7.19. The fraction of sp³-hybridized carbons (Fsp3) is 0.562. The van der Waals surface area contributed by atoms with Crippen LogP contribution in [0.5, 0.6) is 0 Å². The van der Waals surface area contributed by atoms with Crippen molar-refractivity contribution in [3.05, 3.63) is 35.4 Å². The molecule has 102 valence electrons. The smallest absolute Gasteiger partial charge is 0.180 e. The summed E-state index contributed by atoms with van der Waals surface area (Å²) in [5.41, 5.74) is 2.17. The Morgan fingerprint density at radius 2 is 2.11 bits per heavy atom. The number of methoxy groups -OCH3 is 1. The summed E-state index contributed by atoms with van der Waals surface area (Å²) in [6.07, 6.45) is 4.70. The normalized spacial score (nSPS) is 27.2.